The van der Waals surface area contributed by atoms with Gasteiger partial charge in [-0.3, -0.25) is 4.79 Å². The first-order valence-electron chi connectivity index (χ1n) is 5.94. The lowest BCUT2D eigenvalue weighted by Crippen LogP contribution is -2.50. The lowest BCUT2D eigenvalue weighted by molar-refractivity contribution is -0.141. The zero-order chi connectivity index (χ0) is 10.6. The molecule has 0 N–H and O–H groups in total. The third-order valence-corrected chi connectivity index (χ3v) is 3.04. The Morgan fingerprint density at radius 2 is 2.07 bits per heavy atom. The highest BCUT2D eigenvalue weighted by molar-refractivity contribution is 5.79. The first-order valence-corrected chi connectivity index (χ1v) is 5.94. The molecule has 0 bridgehead atoms. The van der Waals surface area contributed by atoms with E-state index in [-0.39, 0.29) is 5.92 Å². The molecule has 0 spiro atoms. The number of rotatable bonds is 5. The van der Waals surface area contributed by atoms with Crippen molar-refractivity contribution in [1.29, 1.82) is 0 Å². The molecule has 0 aromatic heterocycles. The van der Waals surface area contributed by atoms with E-state index in [2.05, 4.69) is 20.8 Å². The number of carbonyl (C=O) groups excluding carboxylic acids is 1. The number of hydrogen-bond acceptors (Lipinski definition) is 1. The van der Waals surface area contributed by atoms with Crippen LogP contribution in [-0.2, 0) is 4.79 Å². The predicted molar refractivity (Wildman–Crippen MR) is 59.1 cm³/mol. The Labute approximate surface area is 87.7 Å². The van der Waals surface area contributed by atoms with E-state index in [0.29, 0.717) is 5.91 Å². The van der Waals surface area contributed by atoms with E-state index in [1.807, 2.05) is 4.90 Å². The average molecular weight is 197 g/mol. The zero-order valence-corrected chi connectivity index (χ0v) is 9.75. The molecular weight excluding hydrogens is 174 g/mol. The smallest absolute Gasteiger partial charge is 0.225 e. The van der Waals surface area contributed by atoms with E-state index in [9.17, 15) is 4.79 Å². The maximum absolute atomic E-state index is 11.8. The van der Waals surface area contributed by atoms with Crippen LogP contribution in [0.1, 0.15) is 46.5 Å². The predicted octanol–water partition coefficient (Wildman–Crippen LogP) is 2.68. The Kier molecular flexibility index (Phi) is 4.43. The molecule has 82 valence electrons. The Balaban J connectivity index is 2.16. The van der Waals surface area contributed by atoms with Crippen LogP contribution in [0.15, 0.2) is 0 Å². The first kappa shape index (κ1) is 11.5. The summed E-state index contributed by atoms with van der Waals surface area (Å²) >= 11 is 0. The van der Waals surface area contributed by atoms with E-state index < -0.39 is 0 Å². The van der Waals surface area contributed by atoms with E-state index in [4.69, 9.17) is 0 Å². The Morgan fingerprint density at radius 3 is 2.57 bits per heavy atom. The second-order valence-corrected chi connectivity index (χ2v) is 4.75. The fraction of sp³-hybridized carbons (Fsp3) is 0.917. The standard InChI is InChI=1S/C12H23NO/c1-4-5-6-7-11(3)12(14)13-8-10(2)9-13/h10-11H,4-9H2,1-3H3. The quantitative estimate of drug-likeness (QED) is 0.620. The van der Waals surface area contributed by atoms with Crippen molar-refractivity contribution in [3.8, 4) is 0 Å². The molecule has 0 aromatic rings. The molecule has 1 aliphatic rings. The highest BCUT2D eigenvalue weighted by Crippen LogP contribution is 2.20. The molecule has 1 amide bonds. The number of hydrogen-bond donors (Lipinski definition) is 0. The lowest BCUT2D eigenvalue weighted by atomic mass is 9.96. The van der Waals surface area contributed by atoms with Crippen molar-refractivity contribution in [3.63, 3.8) is 0 Å². The van der Waals surface area contributed by atoms with Crippen LogP contribution in [0, 0.1) is 11.8 Å². The molecule has 0 aromatic carbocycles. The summed E-state index contributed by atoms with van der Waals surface area (Å²) in [6.07, 6.45) is 4.76. The molecule has 1 aliphatic heterocycles. The van der Waals surface area contributed by atoms with Gasteiger partial charge >= 0.3 is 0 Å². The van der Waals surface area contributed by atoms with Crippen molar-refractivity contribution in [2.45, 2.75) is 46.5 Å². The Hall–Kier alpha value is -0.530. The minimum absolute atomic E-state index is 0.244. The number of unbranched alkanes of at least 4 members (excludes halogenated alkanes) is 2. The molecule has 2 nitrogen and oxygen atoms in total. The van der Waals surface area contributed by atoms with E-state index in [1.165, 1.54) is 19.3 Å². The van der Waals surface area contributed by atoms with Crippen molar-refractivity contribution < 1.29 is 4.79 Å². The maximum atomic E-state index is 11.8. The van der Waals surface area contributed by atoms with Gasteiger partial charge in [0.15, 0.2) is 0 Å². The SMILES string of the molecule is CCCCCC(C)C(=O)N1CC(C)C1. The molecule has 1 fully saturated rings. The van der Waals surface area contributed by atoms with Crippen LogP contribution < -0.4 is 0 Å². The zero-order valence-electron chi connectivity index (χ0n) is 9.75. The molecule has 0 radical (unpaired) electrons. The highest BCUT2D eigenvalue weighted by atomic mass is 16.2. The van der Waals surface area contributed by atoms with Crippen molar-refractivity contribution in [3.05, 3.63) is 0 Å². The average Bonchev–Trinajstić information content (AvgIpc) is 2.12. The van der Waals surface area contributed by atoms with Gasteiger partial charge in [0.2, 0.25) is 5.91 Å². The van der Waals surface area contributed by atoms with Crippen LogP contribution in [0.5, 0.6) is 0 Å². The summed E-state index contributed by atoms with van der Waals surface area (Å²) in [7, 11) is 0. The van der Waals surface area contributed by atoms with Crippen LogP contribution in [-0.4, -0.2) is 23.9 Å². The van der Waals surface area contributed by atoms with Gasteiger partial charge in [0, 0.05) is 19.0 Å². The van der Waals surface area contributed by atoms with Gasteiger partial charge in [0.05, 0.1) is 0 Å². The summed E-state index contributed by atoms with van der Waals surface area (Å²) in [5.74, 6) is 1.34. The number of amides is 1. The molecule has 14 heavy (non-hydrogen) atoms. The van der Waals surface area contributed by atoms with Gasteiger partial charge in [-0.1, -0.05) is 40.0 Å². The van der Waals surface area contributed by atoms with Crippen molar-refractivity contribution >= 4 is 5.91 Å². The second-order valence-electron chi connectivity index (χ2n) is 4.75. The number of nitrogens with zero attached hydrogens (tertiary/aromatic N) is 1. The fourth-order valence-corrected chi connectivity index (χ4v) is 2.01. The van der Waals surface area contributed by atoms with Crippen LogP contribution in [0.3, 0.4) is 0 Å². The monoisotopic (exact) mass is 197 g/mol. The third kappa shape index (κ3) is 3.00. The van der Waals surface area contributed by atoms with Crippen LogP contribution in [0.4, 0.5) is 0 Å². The summed E-state index contributed by atoms with van der Waals surface area (Å²) in [5, 5.41) is 0. The Morgan fingerprint density at radius 1 is 1.43 bits per heavy atom. The molecule has 1 atom stereocenters. The third-order valence-electron chi connectivity index (χ3n) is 3.04. The van der Waals surface area contributed by atoms with Crippen molar-refractivity contribution in [2.75, 3.05) is 13.1 Å². The van der Waals surface area contributed by atoms with Gasteiger partial charge in [-0.25, -0.2) is 0 Å². The summed E-state index contributed by atoms with van der Waals surface area (Å²) in [5.41, 5.74) is 0. The van der Waals surface area contributed by atoms with Gasteiger partial charge in [-0.05, 0) is 12.3 Å². The summed E-state index contributed by atoms with van der Waals surface area (Å²) < 4.78 is 0. The molecule has 1 rings (SSSR count). The van der Waals surface area contributed by atoms with Gasteiger partial charge in [-0.2, -0.15) is 0 Å². The molecule has 0 aliphatic carbocycles. The molecule has 1 unspecified atom stereocenters. The fourth-order valence-electron chi connectivity index (χ4n) is 2.01. The van der Waals surface area contributed by atoms with Crippen LogP contribution in [0.25, 0.3) is 0 Å². The summed E-state index contributed by atoms with van der Waals surface area (Å²) in [6, 6.07) is 0. The van der Waals surface area contributed by atoms with Gasteiger partial charge < -0.3 is 4.90 Å². The van der Waals surface area contributed by atoms with E-state index in [0.717, 1.165) is 25.4 Å². The lowest BCUT2D eigenvalue weighted by Gasteiger charge is -2.38. The van der Waals surface area contributed by atoms with Crippen LogP contribution in [0.2, 0.25) is 0 Å². The topological polar surface area (TPSA) is 20.3 Å². The molecular formula is C12H23NO. The number of carbonyl (C=O) groups is 1. The number of likely N-dealkylation sites (tertiary alicyclic amines) is 1. The van der Waals surface area contributed by atoms with E-state index >= 15 is 0 Å². The van der Waals surface area contributed by atoms with Gasteiger partial charge in [0.25, 0.3) is 0 Å². The van der Waals surface area contributed by atoms with Crippen LogP contribution >= 0.6 is 0 Å². The first-order chi connectivity index (χ1) is 6.65. The summed E-state index contributed by atoms with van der Waals surface area (Å²) in [4.78, 5) is 13.8. The largest absolute Gasteiger partial charge is 0.342 e. The molecule has 1 saturated heterocycles. The molecule has 0 saturated carbocycles. The van der Waals surface area contributed by atoms with E-state index in [1.54, 1.807) is 0 Å². The minimum atomic E-state index is 0.244. The normalized spacial score (nSPS) is 19.2. The highest BCUT2D eigenvalue weighted by Gasteiger charge is 2.29. The minimum Gasteiger partial charge on any atom is -0.342 e. The molecule has 2 heteroatoms. The summed E-state index contributed by atoms with van der Waals surface area (Å²) in [6.45, 7) is 8.43. The van der Waals surface area contributed by atoms with Crippen molar-refractivity contribution in [2.24, 2.45) is 11.8 Å². The van der Waals surface area contributed by atoms with Crippen molar-refractivity contribution in [1.82, 2.24) is 4.90 Å². The molecule has 1 heterocycles. The second kappa shape index (κ2) is 5.38. The maximum Gasteiger partial charge on any atom is 0.225 e. The van der Waals surface area contributed by atoms with Gasteiger partial charge in [0.1, 0.15) is 0 Å². The Bertz CT molecular complexity index is 185. The van der Waals surface area contributed by atoms with Gasteiger partial charge in [-0.15, -0.1) is 0 Å².